The largest absolute Gasteiger partial charge is 0.327 e. The van der Waals surface area contributed by atoms with Crippen molar-refractivity contribution in [3.05, 3.63) is 163 Å². The third kappa shape index (κ3) is 6.63. The van der Waals surface area contributed by atoms with Gasteiger partial charge in [-0.3, -0.25) is 0 Å². The van der Waals surface area contributed by atoms with Crippen molar-refractivity contribution >= 4 is 27.2 Å². The predicted molar refractivity (Wildman–Crippen MR) is 175 cm³/mol. The van der Waals surface area contributed by atoms with Gasteiger partial charge in [-0.15, -0.1) is 6.58 Å². The summed E-state index contributed by atoms with van der Waals surface area (Å²) in [7, 11) is -0.528. The first-order valence-electron chi connectivity index (χ1n) is 14.5. The van der Waals surface area contributed by atoms with Gasteiger partial charge in [0.1, 0.15) is 0 Å². The standard InChI is InChI=1S/C21H24N2Si.C15H15B/c1-18(2)13-16-24-21(23-15-14-22-17-23,19-9-5-3-6-10-19)20-11-7-4-8-12-20;1-3-7-13(8-4-1)16(15-11-12-15)14-9-5-2-6-10-14/h3-12,14-15,17H,1,13,16,24H2,2H3;1-10,15H,11-12H2. The minimum atomic E-state index is -0.528. The Morgan fingerprint density at radius 2 is 1.27 bits per heavy atom. The van der Waals surface area contributed by atoms with Crippen molar-refractivity contribution in [2.24, 2.45) is 0 Å². The normalized spacial score (nSPS) is 13.0. The second-order valence-corrected chi connectivity index (χ2v) is 13.2. The van der Waals surface area contributed by atoms with Crippen molar-refractivity contribution in [2.45, 2.75) is 43.2 Å². The second-order valence-electron chi connectivity index (χ2n) is 11.0. The summed E-state index contributed by atoms with van der Waals surface area (Å²) in [6.45, 7) is 6.82. The lowest BCUT2D eigenvalue weighted by Crippen LogP contribution is -2.42. The highest BCUT2D eigenvalue weighted by Crippen LogP contribution is 2.38. The van der Waals surface area contributed by atoms with E-state index in [1.165, 1.54) is 46.5 Å². The molecule has 1 aliphatic carbocycles. The van der Waals surface area contributed by atoms with Crippen LogP contribution in [0.25, 0.3) is 0 Å². The first-order chi connectivity index (χ1) is 19.7. The van der Waals surface area contributed by atoms with E-state index in [0.717, 1.165) is 12.2 Å². The molecule has 200 valence electrons. The molecule has 0 radical (unpaired) electrons. The number of aromatic nitrogens is 2. The average molecular weight is 539 g/mol. The fourth-order valence-electron chi connectivity index (χ4n) is 5.93. The molecule has 1 saturated carbocycles. The Morgan fingerprint density at radius 1 is 0.800 bits per heavy atom. The van der Waals surface area contributed by atoms with Crippen LogP contribution in [0.4, 0.5) is 0 Å². The van der Waals surface area contributed by atoms with Gasteiger partial charge in [-0.1, -0.05) is 163 Å². The first-order valence-corrected chi connectivity index (χ1v) is 16.2. The number of hydrogen-bond acceptors (Lipinski definition) is 1. The van der Waals surface area contributed by atoms with Crippen LogP contribution in [0.15, 0.2) is 152 Å². The minimum Gasteiger partial charge on any atom is -0.327 e. The summed E-state index contributed by atoms with van der Waals surface area (Å²) in [6, 6.07) is 44.8. The van der Waals surface area contributed by atoms with E-state index < -0.39 is 9.52 Å². The molecule has 1 aliphatic rings. The van der Waals surface area contributed by atoms with Crippen LogP contribution in [0.1, 0.15) is 37.3 Å². The van der Waals surface area contributed by atoms with Crippen molar-refractivity contribution in [2.75, 3.05) is 0 Å². The van der Waals surface area contributed by atoms with Gasteiger partial charge in [-0.05, 0) is 24.5 Å². The molecular formula is C36H39BN2Si. The molecule has 1 aromatic heterocycles. The molecule has 0 amide bonds. The van der Waals surface area contributed by atoms with E-state index in [0.29, 0.717) is 6.71 Å². The number of allylic oxidation sites excluding steroid dienone is 1. The van der Waals surface area contributed by atoms with E-state index in [1.807, 2.05) is 12.5 Å². The monoisotopic (exact) mass is 538 g/mol. The molecule has 5 aromatic rings. The molecule has 2 nitrogen and oxygen atoms in total. The van der Waals surface area contributed by atoms with Gasteiger partial charge in [0.2, 0.25) is 6.71 Å². The van der Waals surface area contributed by atoms with Gasteiger partial charge in [0.25, 0.3) is 0 Å². The number of hydrogen-bond donors (Lipinski definition) is 0. The third-order valence-corrected chi connectivity index (χ3v) is 10.6. The Bertz CT molecular complexity index is 1360. The summed E-state index contributed by atoms with van der Waals surface area (Å²) in [4.78, 5) is 4.35. The molecule has 40 heavy (non-hydrogen) atoms. The van der Waals surface area contributed by atoms with Gasteiger partial charge >= 0.3 is 0 Å². The molecule has 0 bridgehead atoms. The van der Waals surface area contributed by atoms with Crippen molar-refractivity contribution in [3.8, 4) is 0 Å². The maximum absolute atomic E-state index is 4.35. The zero-order valence-electron chi connectivity index (χ0n) is 23.6. The number of nitrogens with zero attached hydrogens (tertiary/aromatic N) is 2. The lowest BCUT2D eigenvalue weighted by Gasteiger charge is -2.37. The van der Waals surface area contributed by atoms with Crippen LogP contribution in [-0.4, -0.2) is 25.8 Å². The van der Waals surface area contributed by atoms with Crippen LogP contribution in [0.3, 0.4) is 0 Å². The van der Waals surface area contributed by atoms with E-state index in [2.05, 4.69) is 151 Å². The predicted octanol–water partition coefficient (Wildman–Crippen LogP) is 6.65. The zero-order valence-corrected chi connectivity index (χ0v) is 25.0. The summed E-state index contributed by atoms with van der Waals surface area (Å²) in [5.74, 6) is 0.866. The maximum Gasteiger partial charge on any atom is 0.212 e. The quantitative estimate of drug-likeness (QED) is 0.144. The van der Waals surface area contributed by atoms with Crippen molar-refractivity contribution < 1.29 is 0 Å². The van der Waals surface area contributed by atoms with Crippen LogP contribution < -0.4 is 10.9 Å². The van der Waals surface area contributed by atoms with Gasteiger partial charge in [0.05, 0.1) is 21.0 Å². The summed E-state index contributed by atoms with van der Waals surface area (Å²) < 4.78 is 2.31. The molecule has 0 aliphatic heterocycles. The molecule has 0 atom stereocenters. The smallest absolute Gasteiger partial charge is 0.212 e. The maximum atomic E-state index is 4.35. The van der Waals surface area contributed by atoms with Crippen molar-refractivity contribution in [1.29, 1.82) is 0 Å². The molecular weight excluding hydrogens is 499 g/mol. The summed E-state index contributed by atoms with van der Waals surface area (Å²) in [5, 5.41) is -0.103. The summed E-state index contributed by atoms with van der Waals surface area (Å²) in [6.07, 6.45) is 9.82. The van der Waals surface area contributed by atoms with Crippen molar-refractivity contribution in [1.82, 2.24) is 9.55 Å². The van der Waals surface area contributed by atoms with Gasteiger partial charge in [0.15, 0.2) is 0 Å². The molecule has 4 aromatic carbocycles. The molecule has 4 heteroatoms. The van der Waals surface area contributed by atoms with E-state index in [9.17, 15) is 0 Å². The van der Waals surface area contributed by atoms with E-state index in [1.54, 1.807) is 0 Å². The SMILES string of the molecule is C=C(C)CC[SiH2]C(c1ccccc1)(c1ccccc1)n1ccnc1.c1ccc(B(c2ccccc2)C2CC2)cc1. The Labute approximate surface area is 242 Å². The summed E-state index contributed by atoms with van der Waals surface area (Å²) >= 11 is 0. The van der Waals surface area contributed by atoms with E-state index >= 15 is 0 Å². The topological polar surface area (TPSA) is 17.8 Å². The number of imidazole rings is 1. The lowest BCUT2D eigenvalue weighted by atomic mass is 9.37. The second kappa shape index (κ2) is 13.5. The third-order valence-electron chi connectivity index (χ3n) is 8.00. The molecule has 1 heterocycles. The Balaban J connectivity index is 0.000000174. The molecule has 6 rings (SSSR count). The molecule has 0 saturated heterocycles. The van der Waals surface area contributed by atoms with Crippen molar-refractivity contribution in [3.63, 3.8) is 0 Å². The minimum absolute atomic E-state index is 0.103. The van der Waals surface area contributed by atoms with Gasteiger partial charge < -0.3 is 4.57 Å². The van der Waals surface area contributed by atoms with Gasteiger partial charge in [0, 0.05) is 12.4 Å². The first kappa shape index (κ1) is 27.7. The fraction of sp³-hybridized carbons (Fsp3) is 0.194. The highest BCUT2D eigenvalue weighted by atomic mass is 28.2. The number of benzene rings is 4. The molecule has 1 fully saturated rings. The van der Waals surface area contributed by atoms with Crippen LogP contribution in [0.5, 0.6) is 0 Å². The Hall–Kier alpha value is -3.89. The van der Waals surface area contributed by atoms with E-state index in [-0.39, 0.29) is 5.16 Å². The van der Waals surface area contributed by atoms with Gasteiger partial charge in [-0.2, -0.15) is 0 Å². The van der Waals surface area contributed by atoms with E-state index in [4.69, 9.17) is 0 Å². The van der Waals surface area contributed by atoms with Crippen LogP contribution in [-0.2, 0) is 5.16 Å². The lowest BCUT2D eigenvalue weighted by molar-refractivity contribution is 0.590. The highest BCUT2D eigenvalue weighted by Gasteiger charge is 2.37. The number of rotatable bonds is 10. The highest BCUT2D eigenvalue weighted by molar-refractivity contribution is 6.86. The average Bonchev–Trinajstić information content (AvgIpc) is 3.68. The Kier molecular flexibility index (Phi) is 9.31. The molecule has 0 spiro atoms. The van der Waals surface area contributed by atoms with Crippen LogP contribution in [0.2, 0.25) is 11.9 Å². The van der Waals surface area contributed by atoms with Crippen LogP contribution in [0, 0.1) is 0 Å². The molecule has 0 N–H and O–H groups in total. The Morgan fingerprint density at radius 3 is 1.68 bits per heavy atom. The summed E-state index contributed by atoms with van der Waals surface area (Å²) in [5.41, 5.74) is 6.90. The fourth-order valence-corrected chi connectivity index (χ4v) is 8.71. The van der Waals surface area contributed by atoms with Gasteiger partial charge in [-0.25, -0.2) is 4.98 Å². The van der Waals surface area contributed by atoms with Crippen LogP contribution >= 0.6 is 0 Å². The zero-order chi connectivity index (χ0) is 27.6. The molecule has 0 unspecified atom stereocenters.